The van der Waals surface area contributed by atoms with Gasteiger partial charge in [0.25, 0.3) is 0 Å². The van der Waals surface area contributed by atoms with Gasteiger partial charge in [-0.3, -0.25) is 9.78 Å². The lowest BCUT2D eigenvalue weighted by Crippen LogP contribution is -2.32. The molecule has 1 saturated carbocycles. The first-order chi connectivity index (χ1) is 8.66. The van der Waals surface area contributed by atoms with Crippen molar-refractivity contribution in [3.63, 3.8) is 0 Å². The van der Waals surface area contributed by atoms with Gasteiger partial charge >= 0.3 is 0 Å². The molecule has 0 N–H and O–H groups in total. The molecular weight excluding hydrogens is 228 g/mol. The van der Waals surface area contributed by atoms with Crippen LogP contribution in [0.15, 0.2) is 24.5 Å². The van der Waals surface area contributed by atoms with Crippen molar-refractivity contribution in [1.82, 2.24) is 9.88 Å². The fraction of sp³-hybridized carbons (Fsp3) is 0.500. The maximum Gasteiger partial charge on any atom is 0.223 e. The summed E-state index contributed by atoms with van der Waals surface area (Å²) in [4.78, 5) is 28.9. The number of nitrogens with zero attached hydrogens (tertiary/aromatic N) is 2. The van der Waals surface area contributed by atoms with Gasteiger partial charge in [0.05, 0.1) is 0 Å². The third-order valence-corrected chi connectivity index (χ3v) is 3.10. The molecule has 96 valence electrons. The third-order valence-electron chi connectivity index (χ3n) is 3.10. The Kier molecular flexibility index (Phi) is 4.07. The predicted octanol–water partition coefficient (Wildman–Crippen LogP) is 1.94. The molecule has 18 heavy (non-hydrogen) atoms. The Morgan fingerprint density at radius 2 is 1.94 bits per heavy atom. The number of amides is 1. The van der Waals surface area contributed by atoms with Crippen LogP contribution in [0.3, 0.4) is 0 Å². The van der Waals surface area contributed by atoms with E-state index in [1.807, 2.05) is 17.0 Å². The van der Waals surface area contributed by atoms with Crippen molar-refractivity contribution in [2.75, 3.05) is 0 Å². The number of carbonyl (C=O) groups is 2. The number of hydrogen-bond acceptors (Lipinski definition) is 3. The Hall–Kier alpha value is -1.71. The fourth-order valence-electron chi connectivity index (χ4n) is 1.92. The monoisotopic (exact) mass is 246 g/mol. The maximum atomic E-state index is 12.1. The number of pyridine rings is 1. The Balaban J connectivity index is 1.95. The molecule has 0 saturated heterocycles. The number of ketones is 1. The molecule has 4 nitrogen and oxygen atoms in total. The first-order valence-electron chi connectivity index (χ1n) is 6.34. The second-order valence-electron chi connectivity index (χ2n) is 4.81. The Bertz CT molecular complexity index is 427. The van der Waals surface area contributed by atoms with Gasteiger partial charge in [-0.1, -0.05) is 0 Å². The largest absolute Gasteiger partial charge is 0.335 e. The van der Waals surface area contributed by atoms with E-state index in [0.29, 0.717) is 25.4 Å². The second kappa shape index (κ2) is 5.76. The van der Waals surface area contributed by atoms with Crippen molar-refractivity contribution >= 4 is 11.7 Å². The zero-order valence-electron chi connectivity index (χ0n) is 10.6. The third kappa shape index (κ3) is 3.65. The van der Waals surface area contributed by atoms with E-state index in [1.165, 1.54) is 6.92 Å². The lowest BCUT2D eigenvalue weighted by Gasteiger charge is -2.22. The van der Waals surface area contributed by atoms with Gasteiger partial charge in [-0.15, -0.1) is 0 Å². The Labute approximate surface area is 107 Å². The summed E-state index contributed by atoms with van der Waals surface area (Å²) in [5, 5.41) is 0. The van der Waals surface area contributed by atoms with Gasteiger partial charge in [0.2, 0.25) is 5.91 Å². The normalized spacial score (nSPS) is 14.3. The van der Waals surface area contributed by atoms with Crippen molar-refractivity contribution < 1.29 is 9.59 Å². The van der Waals surface area contributed by atoms with E-state index in [-0.39, 0.29) is 11.7 Å². The zero-order chi connectivity index (χ0) is 13.0. The summed E-state index contributed by atoms with van der Waals surface area (Å²) in [6.45, 7) is 2.15. The predicted molar refractivity (Wildman–Crippen MR) is 67.7 cm³/mol. The molecule has 0 radical (unpaired) electrons. The van der Waals surface area contributed by atoms with Crippen molar-refractivity contribution in [1.29, 1.82) is 0 Å². The zero-order valence-corrected chi connectivity index (χ0v) is 10.6. The highest BCUT2D eigenvalue weighted by atomic mass is 16.2. The van der Waals surface area contributed by atoms with Crippen molar-refractivity contribution in [2.24, 2.45) is 0 Å². The highest BCUT2D eigenvalue weighted by Crippen LogP contribution is 2.29. The molecule has 2 rings (SSSR count). The summed E-state index contributed by atoms with van der Waals surface area (Å²) in [5.41, 5.74) is 1.09. The second-order valence-corrected chi connectivity index (χ2v) is 4.81. The summed E-state index contributed by atoms with van der Waals surface area (Å²) >= 11 is 0. The van der Waals surface area contributed by atoms with Crippen LogP contribution in [0.4, 0.5) is 0 Å². The van der Waals surface area contributed by atoms with E-state index in [4.69, 9.17) is 0 Å². The van der Waals surface area contributed by atoms with E-state index < -0.39 is 0 Å². The molecule has 1 heterocycles. The minimum atomic E-state index is 0.0722. The number of aromatic nitrogens is 1. The molecule has 0 unspecified atom stereocenters. The van der Waals surface area contributed by atoms with Gasteiger partial charge < -0.3 is 9.69 Å². The van der Waals surface area contributed by atoms with Crippen LogP contribution in [0.1, 0.15) is 38.2 Å². The summed E-state index contributed by atoms with van der Waals surface area (Å²) in [7, 11) is 0. The highest BCUT2D eigenvalue weighted by Gasteiger charge is 2.32. The average molecular weight is 246 g/mol. The fourth-order valence-corrected chi connectivity index (χ4v) is 1.92. The molecule has 1 aromatic rings. The van der Waals surface area contributed by atoms with Gasteiger partial charge in [0.1, 0.15) is 5.78 Å². The molecule has 1 amide bonds. The topological polar surface area (TPSA) is 50.3 Å². The quantitative estimate of drug-likeness (QED) is 0.770. The van der Waals surface area contributed by atoms with Crippen LogP contribution in [0.25, 0.3) is 0 Å². The van der Waals surface area contributed by atoms with Gasteiger partial charge in [-0.2, -0.15) is 0 Å². The summed E-state index contributed by atoms with van der Waals surface area (Å²) in [6.07, 6.45) is 6.31. The first-order valence-corrected chi connectivity index (χ1v) is 6.34. The van der Waals surface area contributed by atoms with Gasteiger partial charge in [-0.25, -0.2) is 0 Å². The van der Waals surface area contributed by atoms with E-state index in [9.17, 15) is 9.59 Å². The van der Waals surface area contributed by atoms with Crippen LogP contribution in [0, 0.1) is 0 Å². The van der Waals surface area contributed by atoms with E-state index in [0.717, 1.165) is 18.4 Å². The molecule has 1 aliphatic rings. The molecule has 0 spiro atoms. The molecule has 1 aromatic heterocycles. The number of rotatable bonds is 6. The average Bonchev–Trinajstić information content (AvgIpc) is 3.18. The molecule has 1 aliphatic carbocycles. The molecular formula is C14H18N2O2. The van der Waals surface area contributed by atoms with Crippen LogP contribution in [-0.2, 0) is 16.1 Å². The SMILES string of the molecule is CC(=O)CCC(=O)N(Cc1ccncc1)C1CC1. The number of Topliss-reactive ketones (excluding diaryl/α,β-unsaturated/α-hetero) is 1. The lowest BCUT2D eigenvalue weighted by molar-refractivity contribution is -0.134. The number of carbonyl (C=O) groups excluding carboxylic acids is 2. The summed E-state index contributed by atoms with van der Waals surface area (Å²) in [5.74, 6) is 0.160. The van der Waals surface area contributed by atoms with E-state index in [1.54, 1.807) is 12.4 Å². The van der Waals surface area contributed by atoms with Crippen LogP contribution >= 0.6 is 0 Å². The van der Waals surface area contributed by atoms with Crippen molar-refractivity contribution in [3.05, 3.63) is 30.1 Å². The van der Waals surface area contributed by atoms with Crippen LogP contribution in [0.5, 0.6) is 0 Å². The molecule has 0 aromatic carbocycles. The molecule has 1 fully saturated rings. The van der Waals surface area contributed by atoms with Crippen molar-refractivity contribution in [2.45, 2.75) is 45.2 Å². The van der Waals surface area contributed by atoms with Crippen LogP contribution < -0.4 is 0 Å². The molecule has 0 bridgehead atoms. The smallest absolute Gasteiger partial charge is 0.223 e. The minimum absolute atomic E-state index is 0.0722. The summed E-state index contributed by atoms with van der Waals surface area (Å²) in [6, 6.07) is 4.22. The van der Waals surface area contributed by atoms with E-state index >= 15 is 0 Å². The lowest BCUT2D eigenvalue weighted by atomic mass is 10.2. The molecule has 0 aliphatic heterocycles. The summed E-state index contributed by atoms with van der Waals surface area (Å²) < 4.78 is 0. The van der Waals surface area contributed by atoms with Crippen LogP contribution in [-0.4, -0.2) is 27.6 Å². The van der Waals surface area contributed by atoms with E-state index in [2.05, 4.69) is 4.98 Å². The minimum Gasteiger partial charge on any atom is -0.335 e. The Morgan fingerprint density at radius 1 is 1.28 bits per heavy atom. The maximum absolute atomic E-state index is 12.1. The molecule has 4 heteroatoms. The van der Waals surface area contributed by atoms with Gasteiger partial charge in [0, 0.05) is 37.8 Å². The highest BCUT2D eigenvalue weighted by molar-refractivity contribution is 5.83. The number of hydrogen-bond donors (Lipinski definition) is 0. The Morgan fingerprint density at radius 3 is 2.50 bits per heavy atom. The van der Waals surface area contributed by atoms with Crippen molar-refractivity contribution in [3.8, 4) is 0 Å². The molecule has 0 atom stereocenters. The van der Waals surface area contributed by atoms with Crippen LogP contribution in [0.2, 0.25) is 0 Å². The standard InChI is InChI=1S/C14H18N2O2/c1-11(17)2-5-14(18)16(13-3-4-13)10-12-6-8-15-9-7-12/h6-9,13H,2-5,10H2,1H3. The van der Waals surface area contributed by atoms with Gasteiger partial charge in [-0.05, 0) is 37.5 Å². The first kappa shape index (κ1) is 12.7. The van der Waals surface area contributed by atoms with Gasteiger partial charge in [0.15, 0.2) is 0 Å².